The number of hydrogen-bond donors (Lipinski definition) is 1. The van der Waals surface area contributed by atoms with Crippen molar-refractivity contribution in [3.63, 3.8) is 0 Å². The Bertz CT molecular complexity index is 836. The average Bonchev–Trinajstić information content (AvgIpc) is 3.05. The van der Waals surface area contributed by atoms with Crippen molar-refractivity contribution in [3.05, 3.63) is 65.9 Å². The van der Waals surface area contributed by atoms with E-state index < -0.39 is 0 Å². The van der Waals surface area contributed by atoms with Crippen LogP contribution in [0.15, 0.2) is 54.7 Å². The molecule has 0 bridgehead atoms. The molecule has 1 N–H and O–H groups in total. The lowest BCUT2D eigenvalue weighted by atomic mass is 10.1. The van der Waals surface area contributed by atoms with Crippen LogP contribution in [-0.4, -0.2) is 29.9 Å². The number of fused-ring (bicyclic) bond motifs is 1. The third kappa shape index (κ3) is 4.21. The van der Waals surface area contributed by atoms with E-state index in [-0.39, 0.29) is 5.91 Å². The lowest BCUT2D eigenvalue weighted by molar-refractivity contribution is -0.130. The number of carbonyl (C=O) groups excluding carboxylic acids is 1. The molecule has 0 radical (unpaired) electrons. The first-order valence-corrected chi connectivity index (χ1v) is 8.59. The summed E-state index contributed by atoms with van der Waals surface area (Å²) in [5, 5.41) is 1.25. The molecule has 0 atom stereocenters. The standard InChI is InChI=1S/C21H24N2O2/c1-23(15-16-10-12-18(25-2)13-11-16)21(24)9-5-6-17-14-22-20-8-4-3-7-19(17)20/h3-4,7-8,10-14,22H,5-6,9,15H2,1-2H3. The van der Waals surface area contributed by atoms with E-state index in [1.54, 1.807) is 12.0 Å². The molecule has 0 spiro atoms. The van der Waals surface area contributed by atoms with E-state index in [1.165, 1.54) is 10.9 Å². The number of ether oxygens (including phenoxy) is 1. The predicted molar refractivity (Wildman–Crippen MR) is 101 cm³/mol. The minimum absolute atomic E-state index is 0.177. The van der Waals surface area contributed by atoms with E-state index in [0.29, 0.717) is 13.0 Å². The van der Waals surface area contributed by atoms with Crippen LogP contribution in [0.1, 0.15) is 24.0 Å². The molecule has 0 saturated heterocycles. The normalized spacial score (nSPS) is 10.8. The first kappa shape index (κ1) is 17.1. The van der Waals surface area contributed by atoms with Gasteiger partial charge in [0.15, 0.2) is 0 Å². The molecule has 0 fully saturated rings. The molecule has 0 aliphatic carbocycles. The second-order valence-corrected chi connectivity index (χ2v) is 6.31. The molecule has 0 aliphatic rings. The zero-order chi connectivity index (χ0) is 17.6. The number of aromatic nitrogens is 1. The first-order valence-electron chi connectivity index (χ1n) is 8.59. The van der Waals surface area contributed by atoms with Crippen molar-refractivity contribution in [3.8, 4) is 5.75 Å². The Morgan fingerprint density at radius 3 is 2.64 bits per heavy atom. The lowest BCUT2D eigenvalue weighted by Crippen LogP contribution is -2.25. The third-order valence-electron chi connectivity index (χ3n) is 4.52. The van der Waals surface area contributed by atoms with Gasteiger partial charge in [0.2, 0.25) is 5.91 Å². The fourth-order valence-corrected chi connectivity index (χ4v) is 3.05. The molecule has 4 nitrogen and oxygen atoms in total. The number of aromatic amines is 1. The highest BCUT2D eigenvalue weighted by molar-refractivity contribution is 5.83. The van der Waals surface area contributed by atoms with E-state index in [0.717, 1.165) is 29.7 Å². The van der Waals surface area contributed by atoms with Gasteiger partial charge in [0, 0.05) is 37.1 Å². The molecular weight excluding hydrogens is 312 g/mol. The first-order chi connectivity index (χ1) is 12.2. The molecule has 25 heavy (non-hydrogen) atoms. The van der Waals surface area contributed by atoms with Gasteiger partial charge in [0.1, 0.15) is 5.75 Å². The van der Waals surface area contributed by atoms with Gasteiger partial charge in [0.05, 0.1) is 7.11 Å². The molecule has 3 aromatic rings. The van der Waals surface area contributed by atoms with Gasteiger partial charge in [-0.3, -0.25) is 4.79 Å². The Balaban J connectivity index is 1.49. The van der Waals surface area contributed by atoms with Crippen LogP contribution in [0, 0.1) is 0 Å². The molecule has 1 heterocycles. The summed E-state index contributed by atoms with van der Waals surface area (Å²) < 4.78 is 5.16. The van der Waals surface area contributed by atoms with Crippen LogP contribution in [0.2, 0.25) is 0 Å². The number of hydrogen-bond acceptors (Lipinski definition) is 2. The van der Waals surface area contributed by atoms with Crippen LogP contribution in [0.3, 0.4) is 0 Å². The van der Waals surface area contributed by atoms with E-state index in [1.807, 2.05) is 43.4 Å². The minimum Gasteiger partial charge on any atom is -0.497 e. The maximum atomic E-state index is 12.4. The van der Waals surface area contributed by atoms with Crippen molar-refractivity contribution >= 4 is 16.8 Å². The lowest BCUT2D eigenvalue weighted by Gasteiger charge is -2.17. The zero-order valence-corrected chi connectivity index (χ0v) is 14.8. The number of amides is 1. The Morgan fingerprint density at radius 2 is 1.88 bits per heavy atom. The van der Waals surface area contributed by atoms with E-state index >= 15 is 0 Å². The number of para-hydroxylation sites is 1. The third-order valence-corrected chi connectivity index (χ3v) is 4.52. The quantitative estimate of drug-likeness (QED) is 0.704. The Hall–Kier alpha value is -2.75. The maximum Gasteiger partial charge on any atom is 0.222 e. The van der Waals surface area contributed by atoms with Gasteiger partial charge in [-0.2, -0.15) is 0 Å². The fraction of sp³-hybridized carbons (Fsp3) is 0.286. The van der Waals surface area contributed by atoms with Crippen LogP contribution >= 0.6 is 0 Å². The molecule has 4 heteroatoms. The van der Waals surface area contributed by atoms with Crippen molar-refractivity contribution in [2.24, 2.45) is 0 Å². The van der Waals surface area contributed by atoms with Crippen LogP contribution < -0.4 is 4.74 Å². The molecule has 0 unspecified atom stereocenters. The Labute approximate surface area is 148 Å². The summed E-state index contributed by atoms with van der Waals surface area (Å²) in [6.07, 6.45) is 4.38. The van der Waals surface area contributed by atoms with Gasteiger partial charge in [-0.25, -0.2) is 0 Å². The Morgan fingerprint density at radius 1 is 1.12 bits per heavy atom. The average molecular weight is 336 g/mol. The molecule has 2 aromatic carbocycles. The van der Waals surface area contributed by atoms with Gasteiger partial charge < -0.3 is 14.6 Å². The number of benzene rings is 2. The number of nitrogens with one attached hydrogen (secondary N) is 1. The summed E-state index contributed by atoms with van der Waals surface area (Å²) in [4.78, 5) is 17.4. The topological polar surface area (TPSA) is 45.3 Å². The second kappa shape index (κ2) is 7.88. The summed E-state index contributed by atoms with van der Waals surface area (Å²) in [6, 6.07) is 16.1. The largest absolute Gasteiger partial charge is 0.497 e. The molecule has 0 aliphatic heterocycles. The maximum absolute atomic E-state index is 12.4. The van der Waals surface area contributed by atoms with Crippen LogP contribution in [0.5, 0.6) is 5.75 Å². The minimum atomic E-state index is 0.177. The monoisotopic (exact) mass is 336 g/mol. The number of carbonyl (C=O) groups is 1. The van der Waals surface area contributed by atoms with E-state index in [9.17, 15) is 4.79 Å². The summed E-state index contributed by atoms with van der Waals surface area (Å²) in [6.45, 7) is 0.621. The number of H-pyrrole nitrogens is 1. The highest BCUT2D eigenvalue weighted by atomic mass is 16.5. The van der Waals surface area contributed by atoms with Crippen molar-refractivity contribution in [2.45, 2.75) is 25.8 Å². The summed E-state index contributed by atoms with van der Waals surface area (Å²) in [5.74, 6) is 1.01. The summed E-state index contributed by atoms with van der Waals surface area (Å²) in [5.41, 5.74) is 3.54. The highest BCUT2D eigenvalue weighted by Crippen LogP contribution is 2.20. The van der Waals surface area contributed by atoms with Crippen molar-refractivity contribution < 1.29 is 9.53 Å². The number of methoxy groups -OCH3 is 1. The molecule has 1 amide bonds. The Kier molecular flexibility index (Phi) is 5.39. The van der Waals surface area contributed by atoms with Gasteiger partial charge in [-0.15, -0.1) is 0 Å². The van der Waals surface area contributed by atoms with Gasteiger partial charge in [-0.05, 0) is 42.2 Å². The van der Waals surface area contributed by atoms with Crippen molar-refractivity contribution in [1.29, 1.82) is 0 Å². The smallest absolute Gasteiger partial charge is 0.222 e. The summed E-state index contributed by atoms with van der Waals surface area (Å²) >= 11 is 0. The molecule has 1 aromatic heterocycles. The zero-order valence-electron chi connectivity index (χ0n) is 14.8. The van der Waals surface area contributed by atoms with Gasteiger partial charge in [0.25, 0.3) is 0 Å². The fourth-order valence-electron chi connectivity index (χ4n) is 3.05. The van der Waals surface area contributed by atoms with Crippen molar-refractivity contribution in [2.75, 3.05) is 14.2 Å². The van der Waals surface area contributed by atoms with Crippen LogP contribution in [-0.2, 0) is 17.8 Å². The van der Waals surface area contributed by atoms with Crippen LogP contribution in [0.25, 0.3) is 10.9 Å². The van der Waals surface area contributed by atoms with E-state index in [2.05, 4.69) is 23.3 Å². The van der Waals surface area contributed by atoms with Gasteiger partial charge in [-0.1, -0.05) is 30.3 Å². The van der Waals surface area contributed by atoms with Crippen molar-refractivity contribution in [1.82, 2.24) is 9.88 Å². The SMILES string of the molecule is COc1ccc(CN(C)C(=O)CCCc2c[nH]c3ccccc23)cc1. The van der Waals surface area contributed by atoms with E-state index in [4.69, 9.17) is 4.74 Å². The van der Waals surface area contributed by atoms with Gasteiger partial charge >= 0.3 is 0 Å². The molecule has 130 valence electrons. The molecule has 3 rings (SSSR count). The molecular formula is C21H24N2O2. The number of aryl methyl sites for hydroxylation is 1. The number of nitrogens with zero attached hydrogens (tertiary/aromatic N) is 1. The molecule has 0 saturated carbocycles. The summed E-state index contributed by atoms with van der Waals surface area (Å²) in [7, 11) is 3.51. The highest BCUT2D eigenvalue weighted by Gasteiger charge is 2.10. The van der Waals surface area contributed by atoms with Crippen LogP contribution in [0.4, 0.5) is 0 Å². The predicted octanol–water partition coefficient (Wildman–Crippen LogP) is 4.16. The number of rotatable bonds is 7. The second-order valence-electron chi connectivity index (χ2n) is 6.31.